The first-order chi connectivity index (χ1) is 26.2. The molecular formula is C46H38B5N3. The van der Waals surface area contributed by atoms with Crippen molar-refractivity contribution in [2.75, 3.05) is 0 Å². The second kappa shape index (κ2) is 13.1. The smallest absolute Gasteiger partial charge is 0.106 e. The van der Waals surface area contributed by atoms with Gasteiger partial charge in [-0.25, -0.2) is 4.98 Å². The molecule has 0 unspecified atom stereocenters. The van der Waals surface area contributed by atoms with Crippen molar-refractivity contribution in [3.63, 3.8) is 0 Å². The van der Waals surface area contributed by atoms with Gasteiger partial charge < -0.3 is 0 Å². The van der Waals surface area contributed by atoms with Crippen LogP contribution in [0.15, 0.2) is 170 Å². The fraction of sp³-hybridized carbons (Fsp3) is 0.0435. The van der Waals surface area contributed by atoms with Gasteiger partial charge in [0.05, 0.1) is 40.3 Å². The Balaban J connectivity index is 1.19. The number of hydrogen-bond acceptors (Lipinski definition) is 2. The predicted octanol–water partition coefficient (Wildman–Crippen LogP) is 6.79. The molecule has 9 rings (SSSR count). The Kier molecular flexibility index (Phi) is 8.23. The number of benzene rings is 7. The maximum absolute atomic E-state index is 5.25. The molecule has 8 heteroatoms. The molecule has 3 nitrogen and oxygen atoms in total. The van der Waals surface area contributed by atoms with Crippen LogP contribution in [-0.2, 0) is 5.21 Å². The number of pyridine rings is 1. The molecule has 2 heterocycles. The van der Waals surface area contributed by atoms with E-state index >= 15 is 0 Å². The van der Waals surface area contributed by atoms with E-state index in [2.05, 4.69) is 200 Å². The third-order valence-electron chi connectivity index (χ3n) is 11.6. The summed E-state index contributed by atoms with van der Waals surface area (Å²) in [5.74, 6) is 1.08. The zero-order chi connectivity index (χ0) is 37.0. The summed E-state index contributed by atoms with van der Waals surface area (Å²) < 4.78 is 2.37. The van der Waals surface area contributed by atoms with Gasteiger partial charge in [0, 0.05) is 17.4 Å². The van der Waals surface area contributed by atoms with Crippen molar-refractivity contribution in [1.82, 2.24) is 14.5 Å². The Morgan fingerprint density at radius 2 is 0.981 bits per heavy atom. The lowest BCUT2D eigenvalue weighted by Gasteiger charge is -2.39. The highest BCUT2D eigenvalue weighted by atomic mass is 15.1. The largest absolute Gasteiger partial charge is 0.297 e. The van der Waals surface area contributed by atoms with Gasteiger partial charge in [-0.1, -0.05) is 121 Å². The molecule has 0 radical (unpaired) electrons. The first-order valence-electron chi connectivity index (χ1n) is 18.8. The first kappa shape index (κ1) is 33.8. The van der Waals surface area contributed by atoms with Gasteiger partial charge in [-0.15, -0.1) is 5.11 Å². The summed E-state index contributed by atoms with van der Waals surface area (Å²) in [5, 5.41) is 4.78. The van der Waals surface area contributed by atoms with Crippen LogP contribution in [0.5, 0.6) is 0 Å². The molecule has 0 aliphatic heterocycles. The van der Waals surface area contributed by atoms with Gasteiger partial charge in [-0.05, 0) is 103 Å². The molecule has 0 atom stereocenters. The van der Waals surface area contributed by atoms with Gasteiger partial charge in [0.25, 0.3) is 0 Å². The van der Waals surface area contributed by atoms with Gasteiger partial charge in [0.2, 0.25) is 0 Å². The molecular weight excluding hydrogens is 649 g/mol. The zero-order valence-electron chi connectivity index (χ0n) is 31.5. The average Bonchev–Trinajstić information content (AvgIpc) is 3.61. The van der Waals surface area contributed by atoms with E-state index in [1.165, 1.54) is 54.9 Å². The predicted molar refractivity (Wildman–Crippen MR) is 243 cm³/mol. The summed E-state index contributed by atoms with van der Waals surface area (Å²) in [7, 11) is 11.5. The van der Waals surface area contributed by atoms with E-state index in [1.54, 1.807) is 0 Å². The highest BCUT2D eigenvalue weighted by molar-refractivity contribution is 6.67. The number of imidazole rings is 1. The molecule has 0 fully saturated rings. The van der Waals surface area contributed by atoms with Gasteiger partial charge in [-0.3, -0.25) is 9.55 Å². The van der Waals surface area contributed by atoms with E-state index < -0.39 is 0 Å². The monoisotopic (exact) mass is 687 g/mol. The lowest BCUT2D eigenvalue weighted by molar-refractivity contribution is 0.757. The average molecular weight is 687 g/mol. The van der Waals surface area contributed by atoms with Gasteiger partial charge in [0.1, 0.15) is 21.5 Å². The minimum atomic E-state index is -0.183. The molecule has 9 aromatic rings. The van der Waals surface area contributed by atoms with E-state index in [-0.39, 0.29) is 10.3 Å². The van der Waals surface area contributed by atoms with Crippen LogP contribution in [0, 0.1) is 0 Å². The van der Waals surface area contributed by atoms with E-state index in [0.717, 1.165) is 33.8 Å². The number of aromatic nitrogens is 3. The summed E-state index contributed by atoms with van der Waals surface area (Å²) in [6.45, 7) is 0. The molecule has 0 spiro atoms. The third kappa shape index (κ3) is 5.69. The van der Waals surface area contributed by atoms with Crippen molar-refractivity contribution in [2.45, 2.75) is 10.3 Å². The summed E-state index contributed by atoms with van der Waals surface area (Å²) in [6, 6.07) is 59.1. The highest BCUT2D eigenvalue weighted by Crippen LogP contribution is 2.45. The minimum Gasteiger partial charge on any atom is -0.297 e. The lowest BCUT2D eigenvalue weighted by Crippen LogP contribution is -2.45. The lowest BCUT2D eigenvalue weighted by atomic mass is 9.23. The standard InChI is InChI=1S/C46H38B5N3/c47-45(48,46(49,50)51)44-53-40-20-5-6-21-41(40)54(44)34-14-10-12-32(28-34)31-11-9-13-33(27-31)43-37-17-3-1-15-35(37)42(36-16-2-4-18-38(36)43)30-24-22-29(23-25-30)39-19-7-8-26-52-39/h1-28H,47-51H2. The van der Waals surface area contributed by atoms with Crippen LogP contribution >= 0.6 is 0 Å². The quantitative estimate of drug-likeness (QED) is 0.137. The van der Waals surface area contributed by atoms with Crippen molar-refractivity contribution < 1.29 is 0 Å². The van der Waals surface area contributed by atoms with E-state index in [4.69, 9.17) is 4.98 Å². The van der Waals surface area contributed by atoms with Gasteiger partial charge in [-0.2, -0.15) is 0 Å². The van der Waals surface area contributed by atoms with Crippen molar-refractivity contribution in [1.29, 1.82) is 0 Å². The normalized spacial score (nSPS) is 12.1. The summed E-state index contributed by atoms with van der Waals surface area (Å²) in [5.41, 5.74) is 12.6. The number of para-hydroxylation sites is 2. The van der Waals surface area contributed by atoms with E-state index in [1.807, 2.05) is 18.3 Å². The molecule has 0 aliphatic rings. The van der Waals surface area contributed by atoms with Crippen LogP contribution in [0.1, 0.15) is 5.82 Å². The number of hydrogen-bond donors (Lipinski definition) is 0. The van der Waals surface area contributed by atoms with E-state index in [0.29, 0.717) is 0 Å². The van der Waals surface area contributed by atoms with E-state index in [9.17, 15) is 0 Å². The van der Waals surface area contributed by atoms with Crippen molar-refractivity contribution >= 4 is 71.8 Å². The SMILES string of the molecule is BC(B)(B)C(B)(B)c1nc2ccccc2n1-c1cccc(-c2cccc(-c3c4ccccc4c(-c4ccc(-c5ccccn5)cc4)c4ccccc34)c2)c1. The molecule has 0 amide bonds. The Bertz CT molecular complexity index is 2780. The fourth-order valence-electron chi connectivity index (χ4n) is 7.81. The number of rotatable bonds is 7. The second-order valence-corrected chi connectivity index (χ2v) is 15.9. The summed E-state index contributed by atoms with van der Waals surface area (Å²) in [4.78, 5) is 9.82. The maximum Gasteiger partial charge on any atom is 0.106 e. The van der Waals surface area contributed by atoms with Gasteiger partial charge >= 0.3 is 0 Å². The molecule has 54 heavy (non-hydrogen) atoms. The van der Waals surface area contributed by atoms with Crippen LogP contribution in [-0.4, -0.2) is 53.8 Å². The number of fused-ring (bicyclic) bond motifs is 3. The second-order valence-electron chi connectivity index (χ2n) is 15.9. The van der Waals surface area contributed by atoms with Crippen molar-refractivity contribution in [3.05, 3.63) is 176 Å². The fourth-order valence-corrected chi connectivity index (χ4v) is 7.81. The van der Waals surface area contributed by atoms with Crippen LogP contribution in [0.25, 0.3) is 82.9 Å². The summed E-state index contributed by atoms with van der Waals surface area (Å²) in [6.07, 6.45) is 1.85. The molecule has 0 N–H and O–H groups in total. The molecule has 0 bridgehead atoms. The molecule has 0 saturated heterocycles. The first-order valence-corrected chi connectivity index (χ1v) is 18.8. The van der Waals surface area contributed by atoms with Crippen LogP contribution in [0.4, 0.5) is 0 Å². The topological polar surface area (TPSA) is 30.7 Å². The summed E-state index contributed by atoms with van der Waals surface area (Å²) >= 11 is 0. The molecule has 0 aliphatic carbocycles. The maximum atomic E-state index is 5.25. The molecule has 0 saturated carbocycles. The number of nitrogens with zero attached hydrogens (tertiary/aromatic N) is 3. The zero-order valence-corrected chi connectivity index (χ0v) is 31.5. The Hall–Kier alpha value is -6.00. The molecule has 252 valence electrons. The van der Waals surface area contributed by atoms with Crippen LogP contribution in [0.3, 0.4) is 0 Å². The molecule has 7 aromatic carbocycles. The third-order valence-corrected chi connectivity index (χ3v) is 11.6. The van der Waals surface area contributed by atoms with Crippen LogP contribution < -0.4 is 0 Å². The molecule has 2 aromatic heterocycles. The minimum absolute atomic E-state index is 0.00224. The van der Waals surface area contributed by atoms with Crippen LogP contribution in [0.2, 0.25) is 5.11 Å². The van der Waals surface area contributed by atoms with Crippen molar-refractivity contribution in [3.8, 4) is 50.3 Å². The Morgan fingerprint density at radius 1 is 0.444 bits per heavy atom. The van der Waals surface area contributed by atoms with Gasteiger partial charge in [0.15, 0.2) is 0 Å². The van der Waals surface area contributed by atoms with Crippen molar-refractivity contribution in [2.24, 2.45) is 0 Å². The Morgan fingerprint density at radius 3 is 1.61 bits per heavy atom. The Labute approximate surface area is 321 Å². The highest BCUT2D eigenvalue weighted by Gasteiger charge is 2.38.